The highest BCUT2D eigenvalue weighted by atomic mass is 19.4. The van der Waals surface area contributed by atoms with Crippen molar-refractivity contribution in [2.45, 2.75) is 6.18 Å². The molecule has 17 heavy (non-hydrogen) atoms. The predicted molar refractivity (Wildman–Crippen MR) is 54.2 cm³/mol. The third kappa shape index (κ3) is 3.34. The molecular weight excluding hydrogens is 233 g/mol. The highest BCUT2D eigenvalue weighted by Crippen LogP contribution is 2.29. The smallest absolute Gasteiger partial charge is 0.365 e. The number of carbonyl (C=O) groups is 1. The number of halogens is 3. The zero-order valence-corrected chi connectivity index (χ0v) is 8.45. The lowest BCUT2D eigenvalue weighted by Gasteiger charge is -2.05. The lowest BCUT2D eigenvalue weighted by Crippen LogP contribution is -2.12. The summed E-state index contributed by atoms with van der Waals surface area (Å²) in [5, 5.41) is 8.54. The van der Waals surface area contributed by atoms with Crippen LogP contribution < -0.4 is 5.73 Å². The molecule has 0 spiro atoms. The van der Waals surface area contributed by atoms with Crippen molar-refractivity contribution in [1.29, 1.82) is 5.26 Å². The number of hydrogen-bond acceptors (Lipinski definition) is 2. The second kappa shape index (κ2) is 4.70. The molecule has 0 radical (unpaired) electrons. The van der Waals surface area contributed by atoms with E-state index < -0.39 is 17.6 Å². The molecule has 0 atom stereocenters. The van der Waals surface area contributed by atoms with Gasteiger partial charge < -0.3 is 5.73 Å². The standard InChI is InChI=1S/C11H7F3N2O/c12-11(13,14)9-3-1-7(2-4-9)5-8(6-15)10(16)17/h1-5H,(H2,16,17)/b8-5-. The third-order valence-corrected chi connectivity index (χ3v) is 1.93. The van der Waals surface area contributed by atoms with Gasteiger partial charge in [0, 0.05) is 0 Å². The minimum absolute atomic E-state index is 0.299. The number of rotatable bonds is 2. The number of nitriles is 1. The Morgan fingerprint density at radius 1 is 1.29 bits per heavy atom. The molecule has 1 rings (SSSR count). The van der Waals surface area contributed by atoms with Crippen LogP contribution in [-0.4, -0.2) is 5.91 Å². The van der Waals surface area contributed by atoms with E-state index in [9.17, 15) is 18.0 Å². The Hall–Kier alpha value is -2.29. The summed E-state index contributed by atoms with van der Waals surface area (Å²) in [7, 11) is 0. The Kier molecular flexibility index (Phi) is 3.53. The number of primary amides is 1. The fraction of sp³-hybridized carbons (Fsp3) is 0.0909. The quantitative estimate of drug-likeness (QED) is 0.635. The van der Waals surface area contributed by atoms with Crippen LogP contribution in [0.3, 0.4) is 0 Å². The molecule has 88 valence electrons. The lowest BCUT2D eigenvalue weighted by molar-refractivity contribution is -0.137. The topological polar surface area (TPSA) is 66.9 Å². The summed E-state index contributed by atoms with van der Waals surface area (Å²) in [6.45, 7) is 0. The molecule has 0 bridgehead atoms. The van der Waals surface area contributed by atoms with E-state index in [-0.39, 0.29) is 5.57 Å². The van der Waals surface area contributed by atoms with Crippen molar-refractivity contribution in [2.75, 3.05) is 0 Å². The Morgan fingerprint density at radius 3 is 2.18 bits per heavy atom. The van der Waals surface area contributed by atoms with E-state index in [1.165, 1.54) is 0 Å². The summed E-state index contributed by atoms with van der Waals surface area (Å²) in [6, 6.07) is 5.60. The van der Waals surface area contributed by atoms with Gasteiger partial charge in [-0.05, 0) is 23.8 Å². The van der Waals surface area contributed by atoms with E-state index in [1.54, 1.807) is 6.07 Å². The van der Waals surface area contributed by atoms with Crippen molar-refractivity contribution in [2.24, 2.45) is 5.73 Å². The largest absolute Gasteiger partial charge is 0.416 e. The number of carbonyl (C=O) groups excluding carboxylic acids is 1. The van der Waals surface area contributed by atoms with Crippen molar-refractivity contribution in [3.63, 3.8) is 0 Å². The lowest BCUT2D eigenvalue weighted by atomic mass is 10.1. The normalized spacial score (nSPS) is 12.0. The summed E-state index contributed by atoms with van der Waals surface area (Å²) < 4.78 is 36.7. The maximum Gasteiger partial charge on any atom is 0.416 e. The van der Waals surface area contributed by atoms with Crippen LogP contribution in [0, 0.1) is 11.3 Å². The molecule has 6 heteroatoms. The molecule has 0 aliphatic carbocycles. The van der Waals surface area contributed by atoms with Crippen molar-refractivity contribution < 1.29 is 18.0 Å². The number of alkyl halides is 3. The molecule has 0 aliphatic heterocycles. The molecule has 0 aromatic heterocycles. The van der Waals surface area contributed by atoms with Crippen LogP contribution in [-0.2, 0) is 11.0 Å². The Balaban J connectivity index is 3.05. The molecule has 1 amide bonds. The molecule has 1 aromatic carbocycles. The average Bonchev–Trinajstić information content (AvgIpc) is 2.25. The van der Waals surface area contributed by atoms with Gasteiger partial charge in [0.25, 0.3) is 5.91 Å². The Bertz CT molecular complexity index is 495. The van der Waals surface area contributed by atoms with Gasteiger partial charge in [-0.3, -0.25) is 4.79 Å². The minimum atomic E-state index is -4.41. The van der Waals surface area contributed by atoms with Crippen LogP contribution in [0.2, 0.25) is 0 Å². The van der Waals surface area contributed by atoms with Crippen LogP contribution >= 0.6 is 0 Å². The predicted octanol–water partition coefficient (Wildman–Crippen LogP) is 2.10. The highest BCUT2D eigenvalue weighted by Gasteiger charge is 2.29. The minimum Gasteiger partial charge on any atom is -0.365 e. The summed E-state index contributed by atoms with van der Waals surface area (Å²) in [4.78, 5) is 10.7. The zero-order valence-electron chi connectivity index (χ0n) is 8.45. The maximum absolute atomic E-state index is 12.2. The highest BCUT2D eigenvalue weighted by molar-refractivity contribution is 6.00. The second-order valence-corrected chi connectivity index (χ2v) is 3.15. The first-order valence-corrected chi connectivity index (χ1v) is 4.43. The fourth-order valence-electron chi connectivity index (χ4n) is 1.09. The maximum atomic E-state index is 12.2. The first-order chi connectivity index (χ1) is 7.84. The van der Waals surface area contributed by atoms with E-state index in [0.29, 0.717) is 5.56 Å². The molecule has 0 saturated heterocycles. The first kappa shape index (κ1) is 12.8. The Morgan fingerprint density at radius 2 is 1.82 bits per heavy atom. The van der Waals surface area contributed by atoms with E-state index in [1.807, 2.05) is 0 Å². The molecule has 0 saturated carbocycles. The molecule has 3 nitrogen and oxygen atoms in total. The summed E-state index contributed by atoms with van der Waals surface area (Å²) in [6.07, 6.45) is -3.29. The number of nitrogens with two attached hydrogens (primary N) is 1. The summed E-state index contributed by atoms with van der Waals surface area (Å²) in [5.74, 6) is -0.924. The van der Waals surface area contributed by atoms with Gasteiger partial charge in [0.05, 0.1) is 5.56 Å². The monoisotopic (exact) mass is 240 g/mol. The van der Waals surface area contributed by atoms with E-state index in [4.69, 9.17) is 11.0 Å². The fourth-order valence-corrected chi connectivity index (χ4v) is 1.09. The summed E-state index contributed by atoms with van der Waals surface area (Å²) in [5.41, 5.74) is 4.07. The van der Waals surface area contributed by atoms with E-state index in [0.717, 1.165) is 30.3 Å². The van der Waals surface area contributed by atoms with Gasteiger partial charge in [-0.15, -0.1) is 0 Å². The molecule has 2 N–H and O–H groups in total. The van der Waals surface area contributed by atoms with Gasteiger partial charge in [0.1, 0.15) is 11.6 Å². The molecule has 0 fully saturated rings. The first-order valence-electron chi connectivity index (χ1n) is 4.43. The van der Waals surface area contributed by atoms with Crippen molar-refractivity contribution >= 4 is 12.0 Å². The van der Waals surface area contributed by atoms with Gasteiger partial charge in [-0.1, -0.05) is 12.1 Å². The molecule has 0 aliphatic rings. The van der Waals surface area contributed by atoms with Crippen LogP contribution in [0.25, 0.3) is 6.08 Å². The van der Waals surface area contributed by atoms with Gasteiger partial charge in [-0.2, -0.15) is 18.4 Å². The molecular formula is C11H7F3N2O. The average molecular weight is 240 g/mol. The van der Waals surface area contributed by atoms with E-state index in [2.05, 4.69) is 0 Å². The van der Waals surface area contributed by atoms with Gasteiger partial charge in [0.15, 0.2) is 0 Å². The number of hydrogen-bond donors (Lipinski definition) is 1. The number of amides is 1. The van der Waals surface area contributed by atoms with E-state index >= 15 is 0 Å². The number of nitrogens with zero attached hydrogens (tertiary/aromatic N) is 1. The zero-order chi connectivity index (χ0) is 13.1. The van der Waals surface area contributed by atoms with Crippen LogP contribution in [0.15, 0.2) is 29.8 Å². The SMILES string of the molecule is N#C/C(=C/c1ccc(C(F)(F)F)cc1)C(N)=O. The van der Waals surface area contributed by atoms with Gasteiger partial charge in [0.2, 0.25) is 0 Å². The molecule has 0 unspecified atom stereocenters. The van der Waals surface area contributed by atoms with Gasteiger partial charge >= 0.3 is 6.18 Å². The Labute approximate surface area is 95.0 Å². The van der Waals surface area contributed by atoms with Gasteiger partial charge in [-0.25, -0.2) is 0 Å². The van der Waals surface area contributed by atoms with Crippen LogP contribution in [0.1, 0.15) is 11.1 Å². The molecule has 1 aromatic rings. The van der Waals surface area contributed by atoms with Crippen molar-refractivity contribution in [3.05, 3.63) is 41.0 Å². The summed E-state index contributed by atoms with van der Waals surface area (Å²) >= 11 is 0. The van der Waals surface area contributed by atoms with Crippen LogP contribution in [0.4, 0.5) is 13.2 Å². The van der Waals surface area contributed by atoms with Crippen LogP contribution in [0.5, 0.6) is 0 Å². The number of benzene rings is 1. The van der Waals surface area contributed by atoms with Crippen molar-refractivity contribution in [1.82, 2.24) is 0 Å². The third-order valence-electron chi connectivity index (χ3n) is 1.93. The molecule has 0 heterocycles. The second-order valence-electron chi connectivity index (χ2n) is 3.15. The van der Waals surface area contributed by atoms with Crippen molar-refractivity contribution in [3.8, 4) is 6.07 Å².